The van der Waals surface area contributed by atoms with Gasteiger partial charge in [-0.2, -0.15) is 0 Å². The number of pyridine rings is 1. The fraction of sp³-hybridized carbons (Fsp3) is 0.571. The third-order valence-electron chi connectivity index (χ3n) is 10.4. The lowest BCUT2D eigenvalue weighted by Crippen LogP contribution is -2.26. The van der Waals surface area contributed by atoms with Crippen molar-refractivity contribution in [1.29, 1.82) is 0 Å². The Bertz CT molecular complexity index is 1760. The van der Waals surface area contributed by atoms with Crippen LogP contribution in [0.5, 0.6) is 0 Å². The third kappa shape index (κ3) is 9.02. The molecule has 0 aliphatic carbocycles. The smallest absolute Gasteiger partial charge is 0.264 e. The number of unbranched alkanes of at least 4 members (excludes halogenated alkanes) is 18. The van der Waals surface area contributed by atoms with Crippen LogP contribution >= 0.6 is 15.9 Å². The fourth-order valence-corrected chi connectivity index (χ4v) is 8.03. The number of benzene rings is 3. The molecule has 260 valence electrons. The number of imidazole rings is 1. The zero-order valence-electron chi connectivity index (χ0n) is 29.8. The van der Waals surface area contributed by atoms with E-state index in [1.165, 1.54) is 128 Å². The van der Waals surface area contributed by atoms with E-state index in [4.69, 9.17) is 10.7 Å². The number of nitrogens with zero attached hydrogens (tertiary/aromatic N) is 3. The van der Waals surface area contributed by atoms with E-state index in [0.29, 0.717) is 22.2 Å². The second-order valence-corrected chi connectivity index (χ2v) is 15.0. The summed E-state index contributed by atoms with van der Waals surface area (Å²) in [7, 11) is 0. The summed E-state index contributed by atoms with van der Waals surface area (Å²) in [5.41, 5.74) is 10.7. The van der Waals surface area contributed by atoms with Gasteiger partial charge in [0.2, 0.25) is 0 Å². The highest BCUT2D eigenvalue weighted by Gasteiger charge is 2.20. The summed E-state index contributed by atoms with van der Waals surface area (Å²) in [6, 6.07) is 14.4. The van der Waals surface area contributed by atoms with Crippen molar-refractivity contribution in [3.63, 3.8) is 0 Å². The van der Waals surface area contributed by atoms with Crippen LogP contribution in [-0.2, 0) is 0 Å². The lowest BCUT2D eigenvalue weighted by atomic mass is 10.0. The Morgan fingerprint density at radius 1 is 0.667 bits per heavy atom. The van der Waals surface area contributed by atoms with Crippen LogP contribution in [0.2, 0.25) is 0 Å². The van der Waals surface area contributed by atoms with Crippen LogP contribution in [0, 0.1) is 0 Å². The Morgan fingerprint density at radius 2 is 1.19 bits per heavy atom. The first-order chi connectivity index (χ1) is 23.5. The monoisotopic (exact) mass is 714 g/mol. The lowest BCUT2D eigenvalue weighted by molar-refractivity contribution is 0.543. The van der Waals surface area contributed by atoms with E-state index in [9.17, 15) is 4.79 Å². The van der Waals surface area contributed by atoms with Crippen molar-refractivity contribution in [2.75, 3.05) is 23.7 Å². The Morgan fingerprint density at radius 3 is 1.75 bits per heavy atom. The topological polar surface area (TPSA) is 63.6 Å². The highest BCUT2D eigenvalue weighted by Crippen LogP contribution is 2.35. The molecule has 6 heteroatoms. The van der Waals surface area contributed by atoms with E-state index in [1.807, 2.05) is 18.2 Å². The zero-order chi connectivity index (χ0) is 33.7. The van der Waals surface area contributed by atoms with E-state index in [1.54, 1.807) is 4.40 Å². The summed E-state index contributed by atoms with van der Waals surface area (Å²) in [6.45, 7) is 6.61. The number of aromatic nitrogens is 2. The summed E-state index contributed by atoms with van der Waals surface area (Å²) in [4.78, 5) is 21.6. The SMILES string of the molecule is CCCCCCCCCCCCN(CCCCCCCCCCCC)c1cc(N)c2nc3c4cccc5c(Br)ccc(c(=O)n3c2c1)c54. The molecule has 0 unspecified atom stereocenters. The van der Waals surface area contributed by atoms with E-state index in [0.717, 1.165) is 44.9 Å². The van der Waals surface area contributed by atoms with Crippen molar-refractivity contribution in [2.45, 2.75) is 142 Å². The maximum atomic E-state index is 14.1. The predicted octanol–water partition coefficient (Wildman–Crippen LogP) is 12.6. The molecule has 2 N–H and O–H groups in total. The quantitative estimate of drug-likeness (QED) is 0.0540. The number of hydrogen-bond acceptors (Lipinski definition) is 4. The molecule has 0 atom stereocenters. The van der Waals surface area contributed by atoms with E-state index < -0.39 is 0 Å². The van der Waals surface area contributed by atoms with Gasteiger partial charge in [-0.05, 0) is 42.5 Å². The Kier molecular flexibility index (Phi) is 14.2. The Labute approximate surface area is 297 Å². The van der Waals surface area contributed by atoms with E-state index >= 15 is 0 Å². The molecular weight excluding hydrogens is 656 g/mol. The molecule has 0 bridgehead atoms. The maximum Gasteiger partial charge on any atom is 0.264 e. The minimum atomic E-state index is -0.0313. The van der Waals surface area contributed by atoms with Crippen molar-refractivity contribution in [3.05, 3.63) is 57.3 Å². The maximum absolute atomic E-state index is 14.1. The van der Waals surface area contributed by atoms with Gasteiger partial charge in [0.05, 0.1) is 11.2 Å². The largest absolute Gasteiger partial charge is 0.397 e. The van der Waals surface area contributed by atoms with Crippen LogP contribution < -0.4 is 16.2 Å². The molecule has 0 spiro atoms. The molecule has 0 saturated heterocycles. The molecule has 5 rings (SSSR count). The molecule has 0 radical (unpaired) electrons. The molecule has 0 aliphatic rings. The molecule has 2 aromatic heterocycles. The minimum absolute atomic E-state index is 0.0313. The van der Waals surface area contributed by atoms with Crippen molar-refractivity contribution in [3.8, 4) is 0 Å². The first-order valence-corrected chi connectivity index (χ1v) is 20.2. The standard InChI is InChI=1S/C42H59BrN4O/c1-3-5-7-9-11-13-15-17-19-21-28-46(29-22-20-18-16-14-12-10-8-6-4-2)32-30-37(44)40-38(31-32)47-41(45-40)34-25-23-24-33-36(43)27-26-35(39(33)34)42(47)48/h23-27,30-31H,3-22,28-29,44H2,1-2H3. The highest BCUT2D eigenvalue weighted by atomic mass is 79.9. The number of hydrogen-bond donors (Lipinski definition) is 1. The average molecular weight is 716 g/mol. The van der Waals surface area contributed by atoms with Crippen LogP contribution in [0.3, 0.4) is 0 Å². The molecule has 0 saturated carbocycles. The van der Waals surface area contributed by atoms with Crippen LogP contribution in [0.1, 0.15) is 142 Å². The summed E-state index contributed by atoms with van der Waals surface area (Å²) in [6.07, 6.45) is 26.7. The van der Waals surface area contributed by atoms with Gasteiger partial charge in [-0.15, -0.1) is 0 Å². The zero-order valence-corrected chi connectivity index (χ0v) is 31.4. The van der Waals surface area contributed by atoms with Gasteiger partial charge < -0.3 is 10.6 Å². The van der Waals surface area contributed by atoms with Gasteiger partial charge in [0.15, 0.2) is 0 Å². The lowest BCUT2D eigenvalue weighted by Gasteiger charge is -2.25. The fourth-order valence-electron chi connectivity index (χ4n) is 7.56. The summed E-state index contributed by atoms with van der Waals surface area (Å²) >= 11 is 3.68. The first-order valence-electron chi connectivity index (χ1n) is 19.4. The number of fused-ring (bicyclic) bond motifs is 4. The molecule has 0 aliphatic heterocycles. The number of rotatable bonds is 23. The molecule has 2 heterocycles. The molecule has 5 nitrogen and oxygen atoms in total. The number of nitrogens with two attached hydrogens (primary N) is 1. The van der Waals surface area contributed by atoms with Crippen molar-refractivity contribution in [1.82, 2.24) is 9.38 Å². The second-order valence-electron chi connectivity index (χ2n) is 14.2. The Balaban J connectivity index is 1.31. The molecule has 0 amide bonds. The van der Waals surface area contributed by atoms with Crippen molar-refractivity contribution in [2.24, 2.45) is 0 Å². The van der Waals surface area contributed by atoms with E-state index in [2.05, 4.69) is 58.9 Å². The van der Waals surface area contributed by atoms with Crippen LogP contribution in [0.15, 0.2) is 51.7 Å². The predicted molar refractivity (Wildman–Crippen MR) is 213 cm³/mol. The molecule has 48 heavy (non-hydrogen) atoms. The van der Waals surface area contributed by atoms with Gasteiger partial charge in [-0.25, -0.2) is 4.98 Å². The molecule has 3 aromatic carbocycles. The van der Waals surface area contributed by atoms with Crippen molar-refractivity contribution >= 4 is 65.5 Å². The Hall–Kier alpha value is -2.86. The van der Waals surface area contributed by atoms with Crippen molar-refractivity contribution < 1.29 is 0 Å². The molecular formula is C42H59BrN4O. The van der Waals surface area contributed by atoms with Crippen LogP contribution in [0.25, 0.3) is 38.2 Å². The number of halogens is 1. The molecule has 0 fully saturated rings. The second kappa shape index (κ2) is 18.8. The van der Waals surface area contributed by atoms with Crippen LogP contribution in [0.4, 0.5) is 11.4 Å². The third-order valence-corrected chi connectivity index (χ3v) is 11.1. The molecule has 5 aromatic rings. The highest BCUT2D eigenvalue weighted by molar-refractivity contribution is 9.10. The van der Waals surface area contributed by atoms with Gasteiger partial charge in [0, 0.05) is 39.4 Å². The number of anilines is 2. The normalized spacial score (nSPS) is 12.0. The van der Waals surface area contributed by atoms with Gasteiger partial charge in [0.1, 0.15) is 11.2 Å². The average Bonchev–Trinajstić information content (AvgIpc) is 3.49. The first kappa shape index (κ1) is 36.4. The van der Waals surface area contributed by atoms with Gasteiger partial charge in [-0.3, -0.25) is 9.20 Å². The minimum Gasteiger partial charge on any atom is -0.397 e. The number of nitrogen functional groups attached to an aromatic ring is 1. The summed E-state index contributed by atoms with van der Waals surface area (Å²) < 4.78 is 2.79. The van der Waals surface area contributed by atoms with E-state index in [-0.39, 0.29) is 5.56 Å². The van der Waals surface area contributed by atoms with Crippen LogP contribution in [-0.4, -0.2) is 22.5 Å². The van der Waals surface area contributed by atoms with Gasteiger partial charge >= 0.3 is 0 Å². The summed E-state index contributed by atoms with van der Waals surface area (Å²) in [5, 5.41) is 3.69. The van der Waals surface area contributed by atoms with Gasteiger partial charge in [-0.1, -0.05) is 164 Å². The van der Waals surface area contributed by atoms with Gasteiger partial charge in [0.25, 0.3) is 5.56 Å². The summed E-state index contributed by atoms with van der Waals surface area (Å²) in [5.74, 6) is 0.